The van der Waals surface area contributed by atoms with E-state index in [0.717, 1.165) is 43.3 Å². The van der Waals surface area contributed by atoms with Crippen molar-refractivity contribution < 1.29 is 14.1 Å². The van der Waals surface area contributed by atoms with Gasteiger partial charge in [-0.25, -0.2) is 0 Å². The van der Waals surface area contributed by atoms with E-state index in [2.05, 4.69) is 34.2 Å². The molecule has 1 N–H and O–H groups in total. The third-order valence-electron chi connectivity index (χ3n) is 4.90. The van der Waals surface area contributed by atoms with Crippen LogP contribution in [0.5, 0.6) is 0 Å². The molecule has 144 valence electrons. The summed E-state index contributed by atoms with van der Waals surface area (Å²) in [5.41, 5.74) is 0.957. The number of aliphatic imine (C=N–C) groups is 1. The molecule has 1 unspecified atom stereocenters. The van der Waals surface area contributed by atoms with Crippen LogP contribution in [0.25, 0.3) is 0 Å². The number of ether oxygens (including phenoxy) is 1. The van der Waals surface area contributed by atoms with Crippen molar-refractivity contribution in [2.45, 2.75) is 45.3 Å². The van der Waals surface area contributed by atoms with Crippen LogP contribution in [0.3, 0.4) is 0 Å². The summed E-state index contributed by atoms with van der Waals surface area (Å²) in [4.78, 5) is 20.9. The zero-order valence-electron chi connectivity index (χ0n) is 15.9. The van der Waals surface area contributed by atoms with E-state index in [0.29, 0.717) is 32.2 Å². The fourth-order valence-electron chi connectivity index (χ4n) is 3.30. The van der Waals surface area contributed by atoms with Gasteiger partial charge in [-0.3, -0.25) is 9.79 Å². The first kappa shape index (κ1) is 18.7. The lowest BCUT2D eigenvalue weighted by Crippen LogP contribution is -2.55. The van der Waals surface area contributed by atoms with Crippen molar-refractivity contribution in [2.75, 3.05) is 39.8 Å². The molecule has 0 radical (unpaired) electrons. The summed E-state index contributed by atoms with van der Waals surface area (Å²) in [6.45, 7) is 8.32. The van der Waals surface area contributed by atoms with E-state index in [1.165, 1.54) is 0 Å². The first-order chi connectivity index (χ1) is 12.6. The Bertz CT molecular complexity index is 629. The Morgan fingerprint density at radius 3 is 2.65 bits per heavy atom. The Kier molecular flexibility index (Phi) is 6.13. The van der Waals surface area contributed by atoms with Crippen LogP contribution in [0.4, 0.5) is 0 Å². The first-order valence-electron chi connectivity index (χ1n) is 9.40. The van der Waals surface area contributed by atoms with E-state index < -0.39 is 0 Å². The van der Waals surface area contributed by atoms with Crippen molar-refractivity contribution in [3.05, 3.63) is 17.5 Å². The van der Waals surface area contributed by atoms with E-state index >= 15 is 0 Å². The van der Waals surface area contributed by atoms with Crippen LogP contribution in [0.1, 0.15) is 44.1 Å². The molecule has 1 aromatic rings. The van der Waals surface area contributed by atoms with E-state index in [1.807, 2.05) is 11.0 Å². The summed E-state index contributed by atoms with van der Waals surface area (Å²) < 4.78 is 10.9. The Labute approximate surface area is 154 Å². The van der Waals surface area contributed by atoms with Gasteiger partial charge in [0.15, 0.2) is 11.7 Å². The molecule has 2 fully saturated rings. The van der Waals surface area contributed by atoms with E-state index in [-0.39, 0.29) is 12.0 Å². The standard InChI is InChI=1S/C18H29N5O3/c1-13(2)15-11-14(26-21-15)12-20-18(19-3)23-8-6-22(7-9-23)17(24)16-5-4-10-25-16/h11,13,16H,4-10,12H2,1-3H3,(H,19,20). The smallest absolute Gasteiger partial charge is 0.251 e. The van der Waals surface area contributed by atoms with Crippen molar-refractivity contribution in [1.29, 1.82) is 0 Å². The van der Waals surface area contributed by atoms with E-state index in [4.69, 9.17) is 9.26 Å². The zero-order chi connectivity index (χ0) is 18.5. The van der Waals surface area contributed by atoms with Gasteiger partial charge in [-0.1, -0.05) is 19.0 Å². The number of guanidine groups is 1. The normalized spacial score (nSPS) is 21.5. The number of carbonyl (C=O) groups is 1. The number of hydrogen-bond donors (Lipinski definition) is 1. The highest BCUT2D eigenvalue weighted by Gasteiger charge is 2.30. The number of rotatable bonds is 4. The van der Waals surface area contributed by atoms with Gasteiger partial charge in [-0.15, -0.1) is 0 Å². The minimum atomic E-state index is -0.236. The van der Waals surface area contributed by atoms with Gasteiger partial charge in [0.1, 0.15) is 6.10 Å². The second kappa shape index (κ2) is 8.53. The molecule has 0 bridgehead atoms. The van der Waals surface area contributed by atoms with Crippen LogP contribution >= 0.6 is 0 Å². The molecule has 3 rings (SSSR count). The summed E-state index contributed by atoms with van der Waals surface area (Å²) in [6.07, 6.45) is 1.59. The SMILES string of the molecule is CN=C(NCc1cc(C(C)C)no1)N1CCN(C(=O)C2CCCO2)CC1. The van der Waals surface area contributed by atoms with Gasteiger partial charge in [0.25, 0.3) is 5.91 Å². The highest BCUT2D eigenvalue weighted by molar-refractivity contribution is 5.82. The van der Waals surface area contributed by atoms with Gasteiger partial charge in [-0.05, 0) is 18.8 Å². The van der Waals surface area contributed by atoms with E-state index in [9.17, 15) is 4.79 Å². The monoisotopic (exact) mass is 363 g/mol. The van der Waals surface area contributed by atoms with Crippen LogP contribution in [0.15, 0.2) is 15.6 Å². The Morgan fingerprint density at radius 2 is 2.08 bits per heavy atom. The minimum absolute atomic E-state index is 0.132. The van der Waals surface area contributed by atoms with Gasteiger partial charge < -0.3 is 24.4 Å². The van der Waals surface area contributed by atoms with Crippen molar-refractivity contribution in [3.8, 4) is 0 Å². The molecule has 1 amide bonds. The molecule has 3 heterocycles. The predicted molar refractivity (Wildman–Crippen MR) is 97.9 cm³/mol. The number of amides is 1. The molecular formula is C18H29N5O3. The Balaban J connectivity index is 1.48. The quantitative estimate of drug-likeness (QED) is 0.639. The highest BCUT2D eigenvalue weighted by Crippen LogP contribution is 2.16. The van der Waals surface area contributed by atoms with Gasteiger partial charge in [0, 0.05) is 45.9 Å². The number of nitrogens with zero attached hydrogens (tertiary/aromatic N) is 4. The fourth-order valence-corrected chi connectivity index (χ4v) is 3.30. The average Bonchev–Trinajstić information content (AvgIpc) is 3.34. The molecule has 2 saturated heterocycles. The fraction of sp³-hybridized carbons (Fsp3) is 0.722. The van der Waals surface area contributed by atoms with Crippen LogP contribution < -0.4 is 5.32 Å². The van der Waals surface area contributed by atoms with Gasteiger partial charge in [0.05, 0.1) is 12.2 Å². The molecule has 0 spiro atoms. The van der Waals surface area contributed by atoms with Gasteiger partial charge >= 0.3 is 0 Å². The molecule has 1 atom stereocenters. The molecule has 0 aliphatic carbocycles. The molecule has 26 heavy (non-hydrogen) atoms. The molecule has 0 aromatic carbocycles. The van der Waals surface area contributed by atoms with Crippen molar-refractivity contribution >= 4 is 11.9 Å². The lowest BCUT2D eigenvalue weighted by molar-refractivity contribution is -0.142. The molecule has 8 heteroatoms. The molecule has 8 nitrogen and oxygen atoms in total. The number of piperazine rings is 1. The maximum Gasteiger partial charge on any atom is 0.251 e. The van der Waals surface area contributed by atoms with Gasteiger partial charge in [0.2, 0.25) is 0 Å². The molecule has 2 aliphatic heterocycles. The summed E-state index contributed by atoms with van der Waals surface area (Å²) in [6, 6.07) is 1.98. The van der Waals surface area contributed by atoms with Crippen LogP contribution in [-0.4, -0.2) is 72.8 Å². The minimum Gasteiger partial charge on any atom is -0.368 e. The van der Waals surface area contributed by atoms with Gasteiger partial charge in [-0.2, -0.15) is 0 Å². The maximum absolute atomic E-state index is 12.4. The third-order valence-corrected chi connectivity index (χ3v) is 4.90. The number of carbonyl (C=O) groups excluding carboxylic acids is 1. The Hall–Kier alpha value is -2.09. The lowest BCUT2D eigenvalue weighted by atomic mass is 10.1. The van der Waals surface area contributed by atoms with E-state index in [1.54, 1.807) is 7.05 Å². The Morgan fingerprint density at radius 1 is 1.35 bits per heavy atom. The second-order valence-electron chi connectivity index (χ2n) is 7.09. The summed E-state index contributed by atoms with van der Waals surface area (Å²) in [5.74, 6) is 2.09. The van der Waals surface area contributed by atoms with Crippen LogP contribution in [0, 0.1) is 0 Å². The van der Waals surface area contributed by atoms with Crippen LogP contribution in [0.2, 0.25) is 0 Å². The van der Waals surface area contributed by atoms with Crippen molar-refractivity contribution in [3.63, 3.8) is 0 Å². The summed E-state index contributed by atoms with van der Waals surface area (Å²) in [7, 11) is 1.77. The number of hydrogen-bond acceptors (Lipinski definition) is 5. The summed E-state index contributed by atoms with van der Waals surface area (Å²) >= 11 is 0. The molecule has 0 saturated carbocycles. The predicted octanol–water partition coefficient (Wildman–Crippen LogP) is 1.20. The number of aromatic nitrogens is 1. The molecule has 1 aromatic heterocycles. The average molecular weight is 363 g/mol. The van der Waals surface area contributed by atoms with Crippen molar-refractivity contribution in [1.82, 2.24) is 20.3 Å². The topological polar surface area (TPSA) is 83.2 Å². The zero-order valence-corrected chi connectivity index (χ0v) is 15.9. The summed E-state index contributed by atoms with van der Waals surface area (Å²) in [5, 5.41) is 7.40. The highest BCUT2D eigenvalue weighted by atomic mass is 16.5. The second-order valence-corrected chi connectivity index (χ2v) is 7.09. The lowest BCUT2D eigenvalue weighted by Gasteiger charge is -2.37. The maximum atomic E-state index is 12.4. The largest absolute Gasteiger partial charge is 0.368 e. The number of nitrogens with one attached hydrogen (secondary N) is 1. The first-order valence-corrected chi connectivity index (χ1v) is 9.40. The van der Waals surface area contributed by atoms with Crippen molar-refractivity contribution in [2.24, 2.45) is 4.99 Å². The molecule has 2 aliphatic rings. The molecular weight excluding hydrogens is 334 g/mol. The van der Waals surface area contributed by atoms with Crippen LogP contribution in [-0.2, 0) is 16.1 Å². The third kappa shape index (κ3) is 4.35.